The smallest absolute Gasteiger partial charge is 0.173 e. The first-order valence-electron chi connectivity index (χ1n) is 5.82. The van der Waals surface area contributed by atoms with E-state index in [2.05, 4.69) is 22.3 Å². The zero-order valence-electron chi connectivity index (χ0n) is 10.5. The van der Waals surface area contributed by atoms with Gasteiger partial charge in [-0.05, 0) is 37.6 Å². The highest BCUT2D eigenvalue weighted by Gasteiger charge is 2.13. The second-order valence-electron chi connectivity index (χ2n) is 3.96. The molecule has 0 N–H and O–H groups in total. The second-order valence-corrected chi connectivity index (χ2v) is 3.96. The van der Waals surface area contributed by atoms with Gasteiger partial charge in [-0.25, -0.2) is 0 Å². The molecule has 0 saturated carbocycles. The largest absolute Gasteiger partial charge is 0.324 e. The van der Waals surface area contributed by atoms with Crippen molar-refractivity contribution in [1.29, 1.82) is 5.26 Å². The fourth-order valence-electron chi connectivity index (χ4n) is 1.86. The molecule has 18 heavy (non-hydrogen) atoms. The summed E-state index contributed by atoms with van der Waals surface area (Å²) in [5.74, 6) is 0.605. The minimum atomic E-state index is 0.536. The SMILES string of the molecule is CCN(c1cccc(C)c1)c1nnccc1C#N. The van der Waals surface area contributed by atoms with Gasteiger partial charge in [-0.1, -0.05) is 12.1 Å². The number of nitrogens with zero attached hydrogens (tertiary/aromatic N) is 4. The summed E-state index contributed by atoms with van der Waals surface area (Å²) in [5, 5.41) is 17.1. The third kappa shape index (κ3) is 2.30. The van der Waals surface area contributed by atoms with Gasteiger partial charge in [-0.15, -0.1) is 5.10 Å². The van der Waals surface area contributed by atoms with E-state index >= 15 is 0 Å². The Bertz CT molecular complexity index is 586. The lowest BCUT2D eigenvalue weighted by atomic mass is 10.2. The normalized spacial score (nSPS) is 9.83. The first kappa shape index (κ1) is 12.1. The van der Waals surface area contributed by atoms with Crippen LogP contribution in [0.5, 0.6) is 0 Å². The number of nitriles is 1. The third-order valence-corrected chi connectivity index (χ3v) is 2.71. The van der Waals surface area contributed by atoms with Crippen molar-refractivity contribution >= 4 is 11.5 Å². The van der Waals surface area contributed by atoms with Crippen LogP contribution in [0.4, 0.5) is 11.5 Å². The molecule has 2 aromatic rings. The highest BCUT2D eigenvalue weighted by Crippen LogP contribution is 2.25. The minimum Gasteiger partial charge on any atom is -0.324 e. The van der Waals surface area contributed by atoms with Crippen molar-refractivity contribution in [2.45, 2.75) is 13.8 Å². The number of anilines is 2. The molecule has 1 aromatic heterocycles. The van der Waals surface area contributed by atoms with Gasteiger partial charge in [-0.2, -0.15) is 10.4 Å². The van der Waals surface area contributed by atoms with E-state index in [0.717, 1.165) is 12.2 Å². The first-order chi connectivity index (χ1) is 8.76. The van der Waals surface area contributed by atoms with Crippen LogP contribution in [0.15, 0.2) is 36.5 Å². The van der Waals surface area contributed by atoms with E-state index in [0.29, 0.717) is 11.4 Å². The van der Waals surface area contributed by atoms with Gasteiger partial charge in [0.1, 0.15) is 6.07 Å². The molecule has 0 saturated heterocycles. The molecule has 0 spiro atoms. The molecule has 0 aliphatic heterocycles. The molecule has 2 rings (SSSR count). The molecule has 4 nitrogen and oxygen atoms in total. The molecule has 0 atom stereocenters. The van der Waals surface area contributed by atoms with E-state index in [1.54, 1.807) is 6.07 Å². The van der Waals surface area contributed by atoms with Gasteiger partial charge in [0.2, 0.25) is 0 Å². The summed E-state index contributed by atoms with van der Waals surface area (Å²) in [4.78, 5) is 1.98. The van der Waals surface area contributed by atoms with E-state index < -0.39 is 0 Å². The van der Waals surface area contributed by atoms with E-state index in [9.17, 15) is 0 Å². The van der Waals surface area contributed by atoms with Crippen molar-refractivity contribution < 1.29 is 0 Å². The van der Waals surface area contributed by atoms with Crippen LogP contribution in [0.25, 0.3) is 0 Å². The molecule has 0 aliphatic rings. The summed E-state index contributed by atoms with van der Waals surface area (Å²) in [5.41, 5.74) is 2.73. The zero-order chi connectivity index (χ0) is 13.0. The van der Waals surface area contributed by atoms with Gasteiger partial charge in [0.05, 0.1) is 11.8 Å². The van der Waals surface area contributed by atoms with Gasteiger partial charge in [0, 0.05) is 12.2 Å². The Hall–Kier alpha value is -2.41. The number of aryl methyl sites for hydroxylation is 1. The highest BCUT2D eigenvalue weighted by atomic mass is 15.3. The predicted octanol–water partition coefficient (Wildman–Crippen LogP) is 2.81. The Morgan fingerprint density at radius 1 is 1.33 bits per heavy atom. The van der Waals surface area contributed by atoms with Crippen molar-refractivity contribution in [3.05, 3.63) is 47.7 Å². The Morgan fingerprint density at radius 2 is 2.17 bits per heavy atom. The average Bonchev–Trinajstić information content (AvgIpc) is 2.40. The fourth-order valence-corrected chi connectivity index (χ4v) is 1.86. The molecule has 90 valence electrons. The van der Waals surface area contributed by atoms with Crippen LogP contribution in [0, 0.1) is 18.3 Å². The maximum Gasteiger partial charge on any atom is 0.173 e. The molecule has 0 unspecified atom stereocenters. The summed E-state index contributed by atoms with van der Waals surface area (Å²) in [6, 6.07) is 11.9. The Kier molecular flexibility index (Phi) is 3.54. The maximum atomic E-state index is 9.12. The van der Waals surface area contributed by atoms with Gasteiger partial charge < -0.3 is 4.90 Å². The van der Waals surface area contributed by atoms with E-state index in [-0.39, 0.29) is 0 Å². The van der Waals surface area contributed by atoms with Crippen LogP contribution < -0.4 is 4.90 Å². The van der Waals surface area contributed by atoms with Crippen LogP contribution in [-0.4, -0.2) is 16.7 Å². The third-order valence-electron chi connectivity index (χ3n) is 2.71. The van der Waals surface area contributed by atoms with Crippen LogP contribution >= 0.6 is 0 Å². The molecular formula is C14H14N4. The highest BCUT2D eigenvalue weighted by molar-refractivity contribution is 5.65. The standard InChI is InChI=1S/C14H14N4/c1-3-18(13-6-4-5-11(2)9-13)14-12(10-15)7-8-16-17-14/h4-9H,3H2,1-2H3. The first-order valence-corrected chi connectivity index (χ1v) is 5.82. The molecule has 0 aliphatic carbocycles. The molecule has 0 bridgehead atoms. The molecule has 0 amide bonds. The fraction of sp³-hybridized carbons (Fsp3) is 0.214. The lowest BCUT2D eigenvalue weighted by molar-refractivity contribution is 0.926. The van der Waals surface area contributed by atoms with E-state index in [4.69, 9.17) is 5.26 Å². The van der Waals surface area contributed by atoms with Gasteiger partial charge in [0.15, 0.2) is 5.82 Å². The van der Waals surface area contributed by atoms with Crippen molar-refractivity contribution in [2.24, 2.45) is 0 Å². The van der Waals surface area contributed by atoms with E-state index in [1.165, 1.54) is 11.8 Å². The number of rotatable bonds is 3. The van der Waals surface area contributed by atoms with Gasteiger partial charge in [-0.3, -0.25) is 0 Å². The summed E-state index contributed by atoms with van der Waals surface area (Å²) in [7, 11) is 0. The quantitative estimate of drug-likeness (QED) is 0.825. The van der Waals surface area contributed by atoms with Crippen LogP contribution in [0.2, 0.25) is 0 Å². The molecular weight excluding hydrogens is 224 g/mol. The minimum absolute atomic E-state index is 0.536. The second kappa shape index (κ2) is 5.28. The Labute approximate surface area is 107 Å². The summed E-state index contributed by atoms with van der Waals surface area (Å²) in [6.07, 6.45) is 1.53. The number of aromatic nitrogens is 2. The monoisotopic (exact) mass is 238 g/mol. The van der Waals surface area contributed by atoms with Crippen molar-refractivity contribution in [1.82, 2.24) is 10.2 Å². The number of benzene rings is 1. The molecule has 4 heteroatoms. The van der Waals surface area contributed by atoms with Crippen molar-refractivity contribution in [3.63, 3.8) is 0 Å². The zero-order valence-corrected chi connectivity index (χ0v) is 10.5. The van der Waals surface area contributed by atoms with Gasteiger partial charge >= 0.3 is 0 Å². The summed E-state index contributed by atoms with van der Waals surface area (Å²) in [6.45, 7) is 4.80. The maximum absolute atomic E-state index is 9.12. The molecule has 1 heterocycles. The Balaban J connectivity index is 2.49. The molecule has 1 aromatic carbocycles. The lowest BCUT2D eigenvalue weighted by Gasteiger charge is -2.22. The van der Waals surface area contributed by atoms with Crippen LogP contribution in [0.1, 0.15) is 18.1 Å². The molecule has 0 radical (unpaired) electrons. The summed E-state index contributed by atoms with van der Waals surface area (Å²) < 4.78 is 0. The predicted molar refractivity (Wildman–Crippen MR) is 70.6 cm³/mol. The van der Waals surface area contributed by atoms with Gasteiger partial charge in [0.25, 0.3) is 0 Å². The summed E-state index contributed by atoms with van der Waals surface area (Å²) >= 11 is 0. The Morgan fingerprint density at radius 3 is 2.83 bits per heavy atom. The van der Waals surface area contributed by atoms with Crippen molar-refractivity contribution in [2.75, 3.05) is 11.4 Å². The number of hydrogen-bond donors (Lipinski definition) is 0. The van der Waals surface area contributed by atoms with Crippen LogP contribution in [0.3, 0.4) is 0 Å². The van der Waals surface area contributed by atoms with Crippen molar-refractivity contribution in [3.8, 4) is 6.07 Å². The number of hydrogen-bond acceptors (Lipinski definition) is 4. The average molecular weight is 238 g/mol. The molecule has 0 fully saturated rings. The van der Waals surface area contributed by atoms with Crippen LogP contribution in [-0.2, 0) is 0 Å². The lowest BCUT2D eigenvalue weighted by Crippen LogP contribution is -2.19. The van der Waals surface area contributed by atoms with E-state index in [1.807, 2.05) is 36.9 Å². The topological polar surface area (TPSA) is 52.8 Å².